The first kappa shape index (κ1) is 20.1. The van der Waals surface area contributed by atoms with Gasteiger partial charge in [0.25, 0.3) is 0 Å². The highest BCUT2D eigenvalue weighted by Crippen LogP contribution is 2.29. The Bertz CT molecular complexity index is 693. The summed E-state index contributed by atoms with van der Waals surface area (Å²) in [6.07, 6.45) is -1.66. The predicted molar refractivity (Wildman–Crippen MR) is 102 cm³/mol. The van der Waals surface area contributed by atoms with E-state index in [-0.39, 0.29) is 6.61 Å². The molecule has 0 aliphatic rings. The maximum absolute atomic E-state index is 12.0. The van der Waals surface area contributed by atoms with Gasteiger partial charge in [0.05, 0.1) is 0 Å². The first-order valence-electron chi connectivity index (χ1n) is 7.37. The van der Waals surface area contributed by atoms with Gasteiger partial charge in [-0.05, 0) is 11.6 Å². The molecule has 2 N–H and O–H groups in total. The van der Waals surface area contributed by atoms with Gasteiger partial charge in [-0.15, -0.1) is 0 Å². The van der Waals surface area contributed by atoms with E-state index < -0.39 is 16.1 Å². The third-order valence-corrected chi connectivity index (χ3v) is 4.28. The minimum absolute atomic E-state index is 0.0107. The Labute approximate surface area is 166 Å². The molecule has 134 valence electrons. The molecule has 2 aromatic rings. The normalized spacial score (nSPS) is 12.5. The van der Waals surface area contributed by atoms with Gasteiger partial charge in [-0.3, -0.25) is 5.32 Å². The Hall–Kier alpha value is -1.17. The number of hydrogen-bond acceptors (Lipinski definition) is 3. The fourth-order valence-electron chi connectivity index (χ4n) is 1.98. The maximum atomic E-state index is 12.0. The number of ether oxygens (including phenoxy) is 1. The van der Waals surface area contributed by atoms with Crippen LogP contribution in [-0.2, 0) is 17.9 Å². The number of rotatable bonds is 6. The lowest BCUT2D eigenvalue weighted by atomic mass is 10.2. The van der Waals surface area contributed by atoms with E-state index in [1.807, 2.05) is 30.3 Å². The molecule has 0 heterocycles. The van der Waals surface area contributed by atoms with Crippen LogP contribution in [0.2, 0.25) is 5.02 Å². The number of alkyl carbamates (subject to hydrolysis) is 1. The van der Waals surface area contributed by atoms with Gasteiger partial charge in [-0.1, -0.05) is 94.9 Å². The molecule has 0 radical (unpaired) electrons. The van der Waals surface area contributed by atoms with Crippen LogP contribution < -0.4 is 10.6 Å². The number of hydrogen-bond donors (Lipinski definition) is 2. The summed E-state index contributed by atoms with van der Waals surface area (Å²) in [7, 11) is 0. The van der Waals surface area contributed by atoms with Gasteiger partial charge in [0.2, 0.25) is 3.79 Å². The summed E-state index contributed by atoms with van der Waals surface area (Å²) in [6.45, 7) is 0.418. The molecule has 2 aromatic carbocycles. The van der Waals surface area contributed by atoms with Crippen LogP contribution in [0.1, 0.15) is 11.1 Å². The van der Waals surface area contributed by atoms with Crippen molar-refractivity contribution in [3.63, 3.8) is 0 Å². The molecule has 0 aliphatic carbocycles. The van der Waals surface area contributed by atoms with Crippen molar-refractivity contribution in [3.05, 3.63) is 70.7 Å². The van der Waals surface area contributed by atoms with Crippen molar-refractivity contribution in [2.45, 2.75) is 23.1 Å². The molecule has 0 fully saturated rings. The molecule has 0 spiro atoms. The quantitative estimate of drug-likeness (QED) is 0.506. The number of carbonyl (C=O) groups excluding carboxylic acids is 1. The molecular formula is C17H16Cl4N2O2. The predicted octanol–water partition coefficient (Wildman–Crippen LogP) is 5.05. The minimum atomic E-state index is -1.75. The molecule has 0 bridgehead atoms. The number of amides is 1. The zero-order chi connectivity index (χ0) is 18.3. The fourth-order valence-corrected chi connectivity index (χ4v) is 2.57. The molecule has 25 heavy (non-hydrogen) atoms. The summed E-state index contributed by atoms with van der Waals surface area (Å²) in [5, 5.41) is 6.00. The second kappa shape index (κ2) is 9.51. The van der Waals surface area contributed by atoms with Crippen LogP contribution >= 0.6 is 46.4 Å². The highest BCUT2D eigenvalue weighted by atomic mass is 35.6. The smallest absolute Gasteiger partial charge is 0.408 e. The van der Waals surface area contributed by atoms with Crippen molar-refractivity contribution >= 4 is 52.5 Å². The van der Waals surface area contributed by atoms with Gasteiger partial charge < -0.3 is 10.1 Å². The summed E-state index contributed by atoms with van der Waals surface area (Å²) >= 11 is 23.8. The van der Waals surface area contributed by atoms with E-state index >= 15 is 0 Å². The van der Waals surface area contributed by atoms with E-state index in [2.05, 4.69) is 10.6 Å². The monoisotopic (exact) mass is 420 g/mol. The highest BCUT2D eigenvalue weighted by molar-refractivity contribution is 6.68. The SMILES string of the molecule is O=C(N[C@@H](NCc1ccccc1)C(Cl)(Cl)Cl)OCc1ccccc1Cl. The van der Waals surface area contributed by atoms with Crippen LogP contribution in [0.15, 0.2) is 54.6 Å². The summed E-state index contributed by atoms with van der Waals surface area (Å²) in [4.78, 5) is 12.0. The Morgan fingerprint density at radius 2 is 1.68 bits per heavy atom. The van der Waals surface area contributed by atoms with Gasteiger partial charge in [0, 0.05) is 17.1 Å². The lowest BCUT2D eigenvalue weighted by molar-refractivity contribution is 0.133. The summed E-state index contributed by atoms with van der Waals surface area (Å²) in [6, 6.07) is 16.6. The lowest BCUT2D eigenvalue weighted by Crippen LogP contribution is -2.53. The molecule has 0 saturated carbocycles. The second-order valence-electron chi connectivity index (χ2n) is 5.15. The number of benzene rings is 2. The van der Waals surface area contributed by atoms with E-state index in [0.29, 0.717) is 17.1 Å². The summed E-state index contributed by atoms with van der Waals surface area (Å²) in [5.41, 5.74) is 1.66. The average molecular weight is 422 g/mol. The number of alkyl halides is 3. The Balaban J connectivity index is 1.90. The Morgan fingerprint density at radius 1 is 1.04 bits per heavy atom. The molecule has 1 atom stereocenters. The minimum Gasteiger partial charge on any atom is -0.445 e. The van der Waals surface area contributed by atoms with Crippen molar-refractivity contribution in [3.8, 4) is 0 Å². The first-order valence-corrected chi connectivity index (χ1v) is 8.88. The van der Waals surface area contributed by atoms with Crippen LogP contribution in [0.25, 0.3) is 0 Å². The van der Waals surface area contributed by atoms with Crippen LogP contribution in [0, 0.1) is 0 Å². The molecule has 0 aromatic heterocycles. The van der Waals surface area contributed by atoms with Crippen molar-refractivity contribution in [2.75, 3.05) is 0 Å². The summed E-state index contributed by atoms with van der Waals surface area (Å²) in [5.74, 6) is 0. The third kappa shape index (κ3) is 6.92. The van der Waals surface area contributed by atoms with Crippen molar-refractivity contribution in [1.29, 1.82) is 0 Å². The van der Waals surface area contributed by atoms with Gasteiger partial charge in [0.1, 0.15) is 12.8 Å². The molecule has 0 saturated heterocycles. The van der Waals surface area contributed by atoms with E-state index in [0.717, 1.165) is 5.56 Å². The van der Waals surface area contributed by atoms with Crippen molar-refractivity contribution in [2.24, 2.45) is 0 Å². The number of carbonyl (C=O) groups is 1. The molecule has 2 rings (SSSR count). The molecule has 0 unspecified atom stereocenters. The first-order chi connectivity index (χ1) is 11.9. The zero-order valence-corrected chi connectivity index (χ0v) is 16.0. The largest absolute Gasteiger partial charge is 0.445 e. The lowest BCUT2D eigenvalue weighted by Gasteiger charge is -2.26. The van der Waals surface area contributed by atoms with E-state index in [1.165, 1.54) is 0 Å². The highest BCUT2D eigenvalue weighted by Gasteiger charge is 2.34. The average Bonchev–Trinajstić information content (AvgIpc) is 2.58. The standard InChI is InChI=1S/C17H16Cl4N2O2/c18-14-9-5-4-8-13(14)11-25-16(24)23-15(17(19,20)21)22-10-12-6-2-1-3-7-12/h1-9,15,22H,10-11H2,(H,23,24)/t15-/m1/s1. The molecular weight excluding hydrogens is 406 g/mol. The number of halogens is 4. The molecule has 0 aliphatic heterocycles. The van der Waals surface area contributed by atoms with Crippen LogP contribution in [0.5, 0.6) is 0 Å². The second-order valence-corrected chi connectivity index (χ2v) is 7.93. The Kier molecular flexibility index (Phi) is 7.66. The van der Waals surface area contributed by atoms with E-state index in [1.54, 1.807) is 24.3 Å². The topological polar surface area (TPSA) is 50.4 Å². The number of nitrogens with one attached hydrogen (secondary N) is 2. The molecule has 4 nitrogen and oxygen atoms in total. The molecule has 1 amide bonds. The van der Waals surface area contributed by atoms with Gasteiger partial charge in [0.15, 0.2) is 0 Å². The van der Waals surface area contributed by atoms with Gasteiger partial charge >= 0.3 is 6.09 Å². The van der Waals surface area contributed by atoms with Crippen molar-refractivity contribution < 1.29 is 9.53 Å². The Morgan fingerprint density at radius 3 is 2.32 bits per heavy atom. The van der Waals surface area contributed by atoms with Crippen molar-refractivity contribution in [1.82, 2.24) is 10.6 Å². The van der Waals surface area contributed by atoms with Crippen LogP contribution in [0.3, 0.4) is 0 Å². The van der Waals surface area contributed by atoms with E-state index in [4.69, 9.17) is 51.1 Å². The summed E-state index contributed by atoms with van der Waals surface area (Å²) < 4.78 is 3.38. The van der Waals surface area contributed by atoms with Crippen LogP contribution in [0.4, 0.5) is 4.79 Å². The molecule has 8 heteroatoms. The van der Waals surface area contributed by atoms with Gasteiger partial charge in [-0.25, -0.2) is 4.79 Å². The van der Waals surface area contributed by atoms with E-state index in [9.17, 15) is 4.79 Å². The van der Waals surface area contributed by atoms with Gasteiger partial charge in [-0.2, -0.15) is 0 Å². The fraction of sp³-hybridized carbons (Fsp3) is 0.235. The third-order valence-electron chi connectivity index (χ3n) is 3.26. The zero-order valence-electron chi connectivity index (χ0n) is 13.0. The van der Waals surface area contributed by atoms with Crippen LogP contribution in [-0.4, -0.2) is 16.1 Å². The maximum Gasteiger partial charge on any atom is 0.408 e.